The smallest absolute Gasteiger partial charge is 0.340 e. The molecule has 2 aliphatic heterocycles. The quantitative estimate of drug-likeness (QED) is 0.786. The summed E-state index contributed by atoms with van der Waals surface area (Å²) in [6.45, 7) is 0.271. The summed E-state index contributed by atoms with van der Waals surface area (Å²) in [5.41, 5.74) is 0.933. The van der Waals surface area contributed by atoms with Crippen LogP contribution in [0.2, 0.25) is 0 Å². The monoisotopic (exact) mass is 354 g/mol. The first-order valence-corrected chi connectivity index (χ1v) is 8.50. The zero-order valence-corrected chi connectivity index (χ0v) is 13.9. The van der Waals surface area contributed by atoms with Crippen molar-refractivity contribution in [3.05, 3.63) is 71.8 Å². The highest BCUT2D eigenvalue weighted by Gasteiger charge is 2.49. The van der Waals surface area contributed by atoms with Crippen LogP contribution < -0.4 is 0 Å². The summed E-state index contributed by atoms with van der Waals surface area (Å²) in [5.74, 6) is -0.874. The molecule has 0 aromatic heterocycles. The fraction of sp³-hybridized carbons (Fsp3) is 0.300. The van der Waals surface area contributed by atoms with Gasteiger partial charge in [0.2, 0.25) is 6.29 Å². The van der Waals surface area contributed by atoms with Gasteiger partial charge in [-0.15, -0.1) is 0 Å². The lowest BCUT2D eigenvalue weighted by Crippen LogP contribution is -2.33. The summed E-state index contributed by atoms with van der Waals surface area (Å²) in [6.07, 6.45) is -1.50. The second-order valence-corrected chi connectivity index (χ2v) is 6.22. The summed E-state index contributed by atoms with van der Waals surface area (Å²) < 4.78 is 22.3. The Hall–Kier alpha value is -2.70. The van der Waals surface area contributed by atoms with E-state index in [0.29, 0.717) is 17.5 Å². The molecule has 2 saturated heterocycles. The van der Waals surface area contributed by atoms with Gasteiger partial charge in [0.15, 0.2) is 6.10 Å². The second-order valence-electron chi connectivity index (χ2n) is 6.22. The number of carbonyl (C=O) groups excluding carboxylic acids is 2. The Morgan fingerprint density at radius 2 is 1.42 bits per heavy atom. The molecule has 0 radical (unpaired) electrons. The zero-order valence-electron chi connectivity index (χ0n) is 13.9. The maximum atomic E-state index is 12.2. The van der Waals surface area contributed by atoms with Crippen molar-refractivity contribution in [3.63, 3.8) is 0 Å². The predicted octanol–water partition coefficient (Wildman–Crippen LogP) is 2.58. The van der Waals surface area contributed by atoms with E-state index in [1.165, 1.54) is 0 Å². The molecule has 26 heavy (non-hydrogen) atoms. The molecule has 4 rings (SSSR count). The molecule has 0 N–H and O–H groups in total. The molecule has 134 valence electrons. The van der Waals surface area contributed by atoms with Crippen LogP contribution in [0.1, 0.15) is 27.1 Å². The van der Waals surface area contributed by atoms with Crippen molar-refractivity contribution in [2.45, 2.75) is 31.0 Å². The lowest BCUT2D eigenvalue weighted by molar-refractivity contribution is -0.124. The van der Waals surface area contributed by atoms with Gasteiger partial charge in [0.05, 0.1) is 23.8 Å². The van der Waals surface area contributed by atoms with Gasteiger partial charge >= 0.3 is 11.9 Å². The fourth-order valence-electron chi connectivity index (χ4n) is 3.16. The molecule has 2 aromatic carbocycles. The molecule has 2 heterocycles. The number of ether oxygens (including phenoxy) is 4. The van der Waals surface area contributed by atoms with Crippen molar-refractivity contribution in [1.29, 1.82) is 0 Å². The van der Waals surface area contributed by atoms with Crippen LogP contribution in [0.25, 0.3) is 0 Å². The maximum absolute atomic E-state index is 12.2. The SMILES string of the molecule is O=C(OC1CC2OCC(OC(=O)c3ccccc3)C2O1)c1ccccc1. The molecule has 0 amide bonds. The van der Waals surface area contributed by atoms with Crippen molar-refractivity contribution < 1.29 is 28.5 Å². The van der Waals surface area contributed by atoms with Gasteiger partial charge in [0.1, 0.15) is 6.10 Å². The number of benzene rings is 2. The molecule has 4 atom stereocenters. The second kappa shape index (κ2) is 7.27. The Kier molecular flexibility index (Phi) is 4.69. The van der Waals surface area contributed by atoms with E-state index >= 15 is 0 Å². The van der Waals surface area contributed by atoms with E-state index in [2.05, 4.69) is 0 Å². The Bertz CT molecular complexity index is 775. The molecule has 0 bridgehead atoms. The van der Waals surface area contributed by atoms with Gasteiger partial charge in [-0.2, -0.15) is 0 Å². The van der Waals surface area contributed by atoms with Crippen LogP contribution in [-0.4, -0.2) is 43.1 Å². The number of esters is 2. The van der Waals surface area contributed by atoms with Crippen molar-refractivity contribution in [2.75, 3.05) is 6.61 Å². The molecule has 6 heteroatoms. The fourth-order valence-corrected chi connectivity index (χ4v) is 3.16. The maximum Gasteiger partial charge on any atom is 0.340 e. The van der Waals surface area contributed by atoms with Crippen LogP contribution in [0.5, 0.6) is 0 Å². The minimum atomic E-state index is -0.712. The first-order chi connectivity index (χ1) is 12.7. The average molecular weight is 354 g/mol. The van der Waals surface area contributed by atoms with Crippen LogP contribution in [0.4, 0.5) is 0 Å². The number of carbonyl (C=O) groups is 2. The van der Waals surface area contributed by atoms with Crippen molar-refractivity contribution >= 4 is 11.9 Å². The Morgan fingerprint density at radius 1 is 0.846 bits per heavy atom. The highest BCUT2D eigenvalue weighted by Crippen LogP contribution is 2.33. The Morgan fingerprint density at radius 3 is 2.04 bits per heavy atom. The van der Waals surface area contributed by atoms with Crippen molar-refractivity contribution in [2.24, 2.45) is 0 Å². The zero-order chi connectivity index (χ0) is 17.9. The minimum Gasteiger partial charge on any atom is -0.453 e. The van der Waals surface area contributed by atoms with E-state index < -0.39 is 30.4 Å². The van der Waals surface area contributed by atoms with Crippen molar-refractivity contribution in [3.8, 4) is 0 Å². The molecule has 0 saturated carbocycles. The highest BCUT2D eigenvalue weighted by molar-refractivity contribution is 5.90. The summed E-state index contributed by atoms with van der Waals surface area (Å²) >= 11 is 0. The van der Waals surface area contributed by atoms with Crippen LogP contribution in [0.15, 0.2) is 60.7 Å². The number of hydrogen-bond acceptors (Lipinski definition) is 6. The van der Waals surface area contributed by atoms with Gasteiger partial charge in [-0.3, -0.25) is 0 Å². The normalized spacial score (nSPS) is 26.9. The molecule has 6 nitrogen and oxygen atoms in total. The van der Waals surface area contributed by atoms with Crippen molar-refractivity contribution in [1.82, 2.24) is 0 Å². The van der Waals surface area contributed by atoms with Gasteiger partial charge in [0.25, 0.3) is 0 Å². The molecule has 2 aromatic rings. The molecule has 0 aliphatic carbocycles. The molecular formula is C20H18O6. The lowest BCUT2D eigenvalue weighted by atomic mass is 10.1. The van der Waals surface area contributed by atoms with Crippen LogP contribution >= 0.6 is 0 Å². The van der Waals surface area contributed by atoms with Crippen LogP contribution in [-0.2, 0) is 18.9 Å². The molecule has 2 aliphatic rings. The Labute approximate surface area is 150 Å². The minimum absolute atomic E-state index is 0.253. The van der Waals surface area contributed by atoms with E-state index in [0.717, 1.165) is 0 Å². The third kappa shape index (κ3) is 3.47. The van der Waals surface area contributed by atoms with Gasteiger partial charge < -0.3 is 18.9 Å². The summed E-state index contributed by atoms with van der Waals surface area (Å²) in [4.78, 5) is 24.4. The van der Waals surface area contributed by atoms with Crippen LogP contribution in [0, 0.1) is 0 Å². The van der Waals surface area contributed by atoms with Crippen LogP contribution in [0.3, 0.4) is 0 Å². The molecular weight excluding hydrogens is 336 g/mol. The van der Waals surface area contributed by atoms with E-state index in [1.807, 2.05) is 12.1 Å². The van der Waals surface area contributed by atoms with E-state index in [-0.39, 0.29) is 12.7 Å². The largest absolute Gasteiger partial charge is 0.453 e. The summed E-state index contributed by atoms with van der Waals surface area (Å²) in [6, 6.07) is 17.5. The van der Waals surface area contributed by atoms with E-state index in [9.17, 15) is 9.59 Å². The molecule has 4 unspecified atom stereocenters. The molecule has 2 fully saturated rings. The molecule has 0 spiro atoms. The Balaban J connectivity index is 1.35. The topological polar surface area (TPSA) is 71.1 Å². The first-order valence-electron chi connectivity index (χ1n) is 8.50. The van der Waals surface area contributed by atoms with Gasteiger partial charge in [-0.1, -0.05) is 36.4 Å². The highest BCUT2D eigenvalue weighted by atomic mass is 16.7. The van der Waals surface area contributed by atoms with E-state index in [1.54, 1.807) is 48.5 Å². The summed E-state index contributed by atoms with van der Waals surface area (Å²) in [7, 11) is 0. The summed E-state index contributed by atoms with van der Waals surface area (Å²) in [5, 5.41) is 0. The number of hydrogen-bond donors (Lipinski definition) is 0. The number of rotatable bonds is 4. The number of fused-ring (bicyclic) bond motifs is 1. The lowest BCUT2D eigenvalue weighted by Gasteiger charge is -2.19. The predicted molar refractivity (Wildman–Crippen MR) is 90.5 cm³/mol. The van der Waals surface area contributed by atoms with Gasteiger partial charge in [0, 0.05) is 6.42 Å². The third-order valence-corrected chi connectivity index (χ3v) is 4.46. The first kappa shape index (κ1) is 16.8. The standard InChI is InChI=1S/C20H18O6/c21-19(13-7-3-1-4-8-13)24-16-12-23-15-11-17(25-18(15)16)26-20(22)14-9-5-2-6-10-14/h1-10,15-18H,11-12H2. The van der Waals surface area contributed by atoms with E-state index in [4.69, 9.17) is 18.9 Å². The van der Waals surface area contributed by atoms with Gasteiger partial charge in [-0.25, -0.2) is 9.59 Å². The average Bonchev–Trinajstić information content (AvgIpc) is 3.24. The third-order valence-electron chi connectivity index (χ3n) is 4.46. The van der Waals surface area contributed by atoms with Gasteiger partial charge in [-0.05, 0) is 24.3 Å².